The predicted molar refractivity (Wildman–Crippen MR) is 33.2 cm³/mol. The molecule has 1 rings (SSSR count). The van der Waals surface area contributed by atoms with Crippen LogP contribution in [0, 0.1) is 0 Å². The van der Waals surface area contributed by atoms with E-state index in [1.54, 1.807) is 6.26 Å². The van der Waals surface area contributed by atoms with E-state index in [-0.39, 0.29) is 0 Å². The highest BCUT2D eigenvalue weighted by Crippen LogP contribution is 2.16. The van der Waals surface area contributed by atoms with Gasteiger partial charge in [0.15, 0.2) is 0 Å². The Hall–Kier alpha value is -0.720. The number of ether oxygens (including phenoxy) is 1. The molecule has 0 unspecified atom stereocenters. The number of allylic oxidation sites excluding steroid dienone is 2. The van der Waals surface area contributed by atoms with Crippen molar-refractivity contribution in [2.45, 2.75) is 20.3 Å². The van der Waals surface area contributed by atoms with Gasteiger partial charge in [0.2, 0.25) is 0 Å². The van der Waals surface area contributed by atoms with Gasteiger partial charge in [-0.25, -0.2) is 0 Å². The summed E-state index contributed by atoms with van der Waals surface area (Å²) in [4.78, 5) is 0. The Kier molecular flexibility index (Phi) is 1.38. The molecule has 0 N–H and O–H groups in total. The minimum atomic E-state index is 0.975. The van der Waals surface area contributed by atoms with Crippen molar-refractivity contribution in [3.05, 3.63) is 23.7 Å². The lowest BCUT2D eigenvalue weighted by Crippen LogP contribution is -1.79. The van der Waals surface area contributed by atoms with E-state index in [2.05, 4.69) is 13.8 Å². The van der Waals surface area contributed by atoms with Gasteiger partial charge in [0.05, 0.1) is 6.26 Å². The van der Waals surface area contributed by atoms with Gasteiger partial charge in [-0.2, -0.15) is 0 Å². The SMILES string of the molecule is CC(C)=C1CC=CO1. The molecule has 0 aliphatic carbocycles. The van der Waals surface area contributed by atoms with E-state index < -0.39 is 0 Å². The van der Waals surface area contributed by atoms with Gasteiger partial charge in [0, 0.05) is 6.42 Å². The van der Waals surface area contributed by atoms with Gasteiger partial charge in [-0.1, -0.05) is 0 Å². The zero-order valence-electron chi connectivity index (χ0n) is 5.27. The third-order valence-corrected chi connectivity index (χ3v) is 1.17. The molecule has 1 heteroatoms. The minimum Gasteiger partial charge on any atom is -0.469 e. The molecule has 0 fully saturated rings. The molecule has 0 saturated carbocycles. The van der Waals surface area contributed by atoms with Crippen molar-refractivity contribution < 1.29 is 4.74 Å². The van der Waals surface area contributed by atoms with Crippen LogP contribution in [0.2, 0.25) is 0 Å². The maximum absolute atomic E-state index is 5.11. The van der Waals surface area contributed by atoms with E-state index in [0.29, 0.717) is 0 Å². The molecule has 0 amide bonds. The second-order valence-corrected chi connectivity index (χ2v) is 2.12. The molecule has 0 bridgehead atoms. The fraction of sp³-hybridized carbons (Fsp3) is 0.429. The summed E-state index contributed by atoms with van der Waals surface area (Å²) >= 11 is 0. The Labute approximate surface area is 49.7 Å². The van der Waals surface area contributed by atoms with Crippen LogP contribution in [-0.4, -0.2) is 0 Å². The van der Waals surface area contributed by atoms with Crippen molar-refractivity contribution >= 4 is 0 Å². The first-order valence-electron chi connectivity index (χ1n) is 2.78. The molecule has 1 aliphatic heterocycles. The molecule has 0 spiro atoms. The molecule has 0 aromatic heterocycles. The third-order valence-electron chi connectivity index (χ3n) is 1.17. The Morgan fingerprint density at radius 2 is 2.38 bits per heavy atom. The first-order chi connectivity index (χ1) is 3.80. The highest BCUT2D eigenvalue weighted by molar-refractivity contribution is 5.11. The molecule has 0 atom stereocenters. The molecule has 0 aromatic rings. The molecule has 8 heavy (non-hydrogen) atoms. The summed E-state index contributed by atoms with van der Waals surface area (Å²) in [6.45, 7) is 4.12. The monoisotopic (exact) mass is 110 g/mol. The van der Waals surface area contributed by atoms with Gasteiger partial charge < -0.3 is 4.74 Å². The molecule has 0 aromatic carbocycles. The van der Waals surface area contributed by atoms with Gasteiger partial charge in [-0.3, -0.25) is 0 Å². The Morgan fingerprint density at radius 1 is 1.62 bits per heavy atom. The van der Waals surface area contributed by atoms with Gasteiger partial charge in [-0.05, 0) is 25.5 Å². The lowest BCUT2D eigenvalue weighted by molar-refractivity contribution is 0.361. The Bertz CT molecular complexity index is 128. The van der Waals surface area contributed by atoms with Crippen molar-refractivity contribution in [3.63, 3.8) is 0 Å². The summed E-state index contributed by atoms with van der Waals surface area (Å²) in [5.41, 5.74) is 1.27. The number of rotatable bonds is 0. The molecule has 1 nitrogen and oxygen atoms in total. The van der Waals surface area contributed by atoms with Crippen molar-refractivity contribution in [2.75, 3.05) is 0 Å². The molecular formula is C7H10O. The largest absolute Gasteiger partial charge is 0.469 e. The van der Waals surface area contributed by atoms with E-state index in [1.165, 1.54) is 5.57 Å². The van der Waals surface area contributed by atoms with E-state index in [1.807, 2.05) is 6.08 Å². The Balaban J connectivity index is 2.64. The lowest BCUT2D eigenvalue weighted by atomic mass is 10.2. The maximum Gasteiger partial charge on any atom is 0.106 e. The van der Waals surface area contributed by atoms with Crippen molar-refractivity contribution in [3.8, 4) is 0 Å². The molecule has 1 aliphatic rings. The summed E-state index contributed by atoms with van der Waals surface area (Å²) < 4.78 is 5.11. The fourth-order valence-electron chi connectivity index (χ4n) is 0.655. The first kappa shape index (κ1) is 5.42. The van der Waals surface area contributed by atoms with Crippen molar-refractivity contribution in [2.24, 2.45) is 0 Å². The molecule has 0 saturated heterocycles. The zero-order valence-corrected chi connectivity index (χ0v) is 5.27. The summed E-state index contributed by atoms with van der Waals surface area (Å²) in [5.74, 6) is 1.10. The normalized spacial score (nSPS) is 16.5. The maximum atomic E-state index is 5.11. The summed E-state index contributed by atoms with van der Waals surface area (Å²) in [7, 11) is 0. The fourth-order valence-corrected chi connectivity index (χ4v) is 0.655. The van der Waals surface area contributed by atoms with Crippen LogP contribution in [0.5, 0.6) is 0 Å². The average molecular weight is 110 g/mol. The number of hydrogen-bond acceptors (Lipinski definition) is 1. The van der Waals surface area contributed by atoms with Gasteiger partial charge >= 0.3 is 0 Å². The van der Waals surface area contributed by atoms with Crippen LogP contribution in [0.1, 0.15) is 20.3 Å². The second-order valence-electron chi connectivity index (χ2n) is 2.12. The zero-order chi connectivity index (χ0) is 5.98. The van der Waals surface area contributed by atoms with Gasteiger partial charge in [0.1, 0.15) is 5.76 Å². The number of hydrogen-bond donors (Lipinski definition) is 0. The van der Waals surface area contributed by atoms with Crippen LogP contribution < -0.4 is 0 Å². The quantitative estimate of drug-likeness (QED) is 0.464. The highest BCUT2D eigenvalue weighted by atomic mass is 16.5. The second kappa shape index (κ2) is 2.03. The highest BCUT2D eigenvalue weighted by Gasteiger charge is 2.00. The standard InChI is InChI=1S/C7H10O/c1-6(2)7-4-3-5-8-7/h3,5H,4H2,1-2H3. The summed E-state index contributed by atoms with van der Waals surface area (Å²) in [6.07, 6.45) is 4.73. The van der Waals surface area contributed by atoms with Crippen LogP contribution in [-0.2, 0) is 4.74 Å². The van der Waals surface area contributed by atoms with E-state index >= 15 is 0 Å². The predicted octanol–water partition coefficient (Wildman–Crippen LogP) is 2.21. The summed E-state index contributed by atoms with van der Waals surface area (Å²) in [6, 6.07) is 0. The third kappa shape index (κ3) is 0.915. The van der Waals surface area contributed by atoms with Crippen LogP contribution in [0.15, 0.2) is 23.7 Å². The summed E-state index contributed by atoms with van der Waals surface area (Å²) in [5, 5.41) is 0. The molecular weight excluding hydrogens is 100 g/mol. The van der Waals surface area contributed by atoms with Crippen LogP contribution in [0.4, 0.5) is 0 Å². The van der Waals surface area contributed by atoms with E-state index in [9.17, 15) is 0 Å². The van der Waals surface area contributed by atoms with Crippen LogP contribution >= 0.6 is 0 Å². The Morgan fingerprint density at radius 3 is 2.62 bits per heavy atom. The first-order valence-corrected chi connectivity index (χ1v) is 2.78. The topological polar surface area (TPSA) is 9.23 Å². The molecule has 0 radical (unpaired) electrons. The van der Waals surface area contributed by atoms with E-state index in [4.69, 9.17) is 4.74 Å². The van der Waals surface area contributed by atoms with Crippen molar-refractivity contribution in [1.29, 1.82) is 0 Å². The lowest BCUT2D eigenvalue weighted by Gasteiger charge is -1.97. The minimum absolute atomic E-state index is 0.975. The molecule has 1 heterocycles. The van der Waals surface area contributed by atoms with Gasteiger partial charge in [-0.15, -0.1) is 0 Å². The van der Waals surface area contributed by atoms with Crippen LogP contribution in [0.25, 0.3) is 0 Å². The average Bonchev–Trinajstić information content (AvgIpc) is 2.12. The van der Waals surface area contributed by atoms with Crippen LogP contribution in [0.3, 0.4) is 0 Å². The smallest absolute Gasteiger partial charge is 0.106 e. The van der Waals surface area contributed by atoms with Crippen molar-refractivity contribution in [1.82, 2.24) is 0 Å². The molecule has 44 valence electrons. The van der Waals surface area contributed by atoms with Gasteiger partial charge in [0.25, 0.3) is 0 Å². The van der Waals surface area contributed by atoms with E-state index in [0.717, 1.165) is 12.2 Å².